The Labute approximate surface area is 146 Å². The summed E-state index contributed by atoms with van der Waals surface area (Å²) in [6.07, 6.45) is 0.631. The quantitative estimate of drug-likeness (QED) is 0.881. The Kier molecular flexibility index (Phi) is 4.16. The van der Waals surface area contributed by atoms with Crippen LogP contribution in [0.5, 0.6) is 0 Å². The molecule has 0 fully saturated rings. The van der Waals surface area contributed by atoms with Crippen molar-refractivity contribution in [2.75, 3.05) is 11.4 Å². The number of aromatic nitrogens is 2. The Morgan fingerprint density at radius 3 is 2.68 bits per heavy atom. The number of carbonyl (C=O) groups is 1. The van der Waals surface area contributed by atoms with E-state index in [9.17, 15) is 13.2 Å². The maximum atomic E-state index is 12.8. The molecule has 0 bridgehead atoms. The molecule has 0 saturated heterocycles. The zero-order valence-electron chi connectivity index (χ0n) is 14.5. The number of carbonyl (C=O) groups excluding carboxylic acids is 1. The average molecular weight is 364 g/mol. The second-order valence-corrected chi connectivity index (χ2v) is 8.26. The molecule has 0 spiro atoms. The van der Waals surface area contributed by atoms with Gasteiger partial charge >= 0.3 is 0 Å². The van der Waals surface area contributed by atoms with Gasteiger partial charge in [-0.05, 0) is 44.0 Å². The predicted octanol–water partition coefficient (Wildman–Crippen LogP) is 1.50. The zero-order chi connectivity index (χ0) is 18.4. The summed E-state index contributed by atoms with van der Waals surface area (Å²) < 4.78 is 33.1. The van der Waals surface area contributed by atoms with E-state index in [2.05, 4.69) is 14.9 Å². The maximum absolute atomic E-state index is 12.8. The number of hydrogen-bond acceptors (Lipinski definition) is 6. The first kappa shape index (κ1) is 17.6. The molecule has 0 atom stereocenters. The van der Waals surface area contributed by atoms with Crippen molar-refractivity contribution in [2.24, 2.45) is 0 Å². The van der Waals surface area contributed by atoms with Gasteiger partial charge in [0.15, 0.2) is 5.82 Å². The third-order valence-electron chi connectivity index (χ3n) is 4.11. The molecule has 25 heavy (non-hydrogen) atoms. The number of aryl methyl sites for hydroxylation is 1. The molecule has 1 aliphatic heterocycles. The Bertz CT molecular complexity index is 933. The van der Waals surface area contributed by atoms with E-state index in [4.69, 9.17) is 4.52 Å². The Hall–Kier alpha value is -2.26. The van der Waals surface area contributed by atoms with Crippen LogP contribution in [-0.4, -0.2) is 31.0 Å². The van der Waals surface area contributed by atoms with Gasteiger partial charge in [-0.25, -0.2) is 8.42 Å². The highest BCUT2D eigenvalue weighted by molar-refractivity contribution is 7.89. The van der Waals surface area contributed by atoms with E-state index in [1.54, 1.807) is 37.8 Å². The molecule has 0 saturated carbocycles. The summed E-state index contributed by atoms with van der Waals surface area (Å²) in [5.74, 6) is 0.572. The number of fused-ring (bicyclic) bond motifs is 1. The summed E-state index contributed by atoms with van der Waals surface area (Å²) in [6, 6.07) is 4.78. The molecule has 0 aliphatic carbocycles. The number of anilines is 1. The van der Waals surface area contributed by atoms with Gasteiger partial charge in [-0.1, -0.05) is 5.16 Å². The molecule has 1 N–H and O–H groups in total. The van der Waals surface area contributed by atoms with Crippen LogP contribution in [-0.2, 0) is 26.8 Å². The SMILES string of the molecule is CC(=O)N1CCc2cc(S(=O)(=O)NC(C)(C)c3noc(C)n3)ccc21. The van der Waals surface area contributed by atoms with Crippen LogP contribution in [0.3, 0.4) is 0 Å². The van der Waals surface area contributed by atoms with E-state index in [0.29, 0.717) is 18.9 Å². The molecule has 3 rings (SSSR count). The van der Waals surface area contributed by atoms with Crippen LogP contribution in [0.25, 0.3) is 0 Å². The van der Waals surface area contributed by atoms with Crippen LogP contribution < -0.4 is 9.62 Å². The molecule has 1 aliphatic rings. The van der Waals surface area contributed by atoms with Crippen molar-refractivity contribution in [3.8, 4) is 0 Å². The zero-order valence-corrected chi connectivity index (χ0v) is 15.3. The van der Waals surface area contributed by atoms with E-state index < -0.39 is 15.6 Å². The first-order valence-electron chi connectivity index (χ1n) is 7.86. The lowest BCUT2D eigenvalue weighted by atomic mass is 10.1. The molecular formula is C16H20N4O4S. The lowest BCUT2D eigenvalue weighted by Gasteiger charge is -2.22. The van der Waals surface area contributed by atoms with Crippen LogP contribution in [0.4, 0.5) is 5.69 Å². The second kappa shape index (κ2) is 5.92. The number of nitrogens with zero attached hydrogens (tertiary/aromatic N) is 3. The Morgan fingerprint density at radius 2 is 2.08 bits per heavy atom. The standard InChI is InChI=1S/C16H20N4O4S/c1-10-17-15(18-24-10)16(3,4)19-25(22,23)13-5-6-14-12(9-13)7-8-20(14)11(2)21/h5-6,9,19H,7-8H2,1-4H3. The van der Waals surface area contributed by atoms with Crippen molar-refractivity contribution in [1.82, 2.24) is 14.9 Å². The minimum atomic E-state index is -3.79. The third-order valence-corrected chi connectivity index (χ3v) is 5.77. The van der Waals surface area contributed by atoms with Crippen molar-refractivity contribution >= 4 is 21.6 Å². The molecule has 9 heteroatoms. The van der Waals surface area contributed by atoms with Crippen LogP contribution in [0, 0.1) is 6.92 Å². The molecule has 0 unspecified atom stereocenters. The number of rotatable bonds is 4. The third kappa shape index (κ3) is 3.29. The van der Waals surface area contributed by atoms with Crippen LogP contribution in [0.15, 0.2) is 27.6 Å². The Morgan fingerprint density at radius 1 is 1.36 bits per heavy atom. The van der Waals surface area contributed by atoms with E-state index in [1.807, 2.05) is 0 Å². The van der Waals surface area contributed by atoms with Gasteiger partial charge in [-0.15, -0.1) is 0 Å². The maximum Gasteiger partial charge on any atom is 0.241 e. The fraction of sp³-hybridized carbons (Fsp3) is 0.438. The second-order valence-electron chi connectivity index (χ2n) is 6.58. The largest absolute Gasteiger partial charge is 0.340 e. The van der Waals surface area contributed by atoms with Gasteiger partial charge in [0.05, 0.1) is 10.4 Å². The van der Waals surface area contributed by atoms with Crippen molar-refractivity contribution < 1.29 is 17.7 Å². The van der Waals surface area contributed by atoms with Gasteiger partial charge in [0.2, 0.25) is 21.8 Å². The van der Waals surface area contributed by atoms with Gasteiger partial charge in [0, 0.05) is 26.1 Å². The highest BCUT2D eigenvalue weighted by atomic mass is 32.2. The van der Waals surface area contributed by atoms with Crippen molar-refractivity contribution in [3.63, 3.8) is 0 Å². The summed E-state index contributed by atoms with van der Waals surface area (Å²) in [5, 5.41) is 3.80. The molecule has 1 amide bonds. The van der Waals surface area contributed by atoms with E-state index in [0.717, 1.165) is 11.3 Å². The van der Waals surface area contributed by atoms with Gasteiger partial charge in [-0.3, -0.25) is 4.79 Å². The smallest absolute Gasteiger partial charge is 0.241 e. The molecule has 8 nitrogen and oxygen atoms in total. The van der Waals surface area contributed by atoms with Gasteiger partial charge in [0.1, 0.15) is 0 Å². The summed E-state index contributed by atoms with van der Waals surface area (Å²) in [4.78, 5) is 17.5. The highest BCUT2D eigenvalue weighted by Crippen LogP contribution is 2.31. The molecule has 134 valence electrons. The Balaban J connectivity index is 1.90. The molecular weight excluding hydrogens is 344 g/mol. The lowest BCUT2D eigenvalue weighted by molar-refractivity contribution is -0.116. The predicted molar refractivity (Wildman–Crippen MR) is 90.6 cm³/mol. The van der Waals surface area contributed by atoms with E-state index in [-0.39, 0.29) is 16.6 Å². The highest BCUT2D eigenvalue weighted by Gasteiger charge is 2.33. The fourth-order valence-corrected chi connectivity index (χ4v) is 4.29. The number of nitrogens with one attached hydrogen (secondary N) is 1. The number of amides is 1. The van der Waals surface area contributed by atoms with Crippen LogP contribution >= 0.6 is 0 Å². The van der Waals surface area contributed by atoms with Crippen LogP contribution in [0.2, 0.25) is 0 Å². The normalized spacial score (nSPS) is 14.6. The lowest BCUT2D eigenvalue weighted by Crippen LogP contribution is -2.41. The molecule has 1 aromatic heterocycles. The van der Waals surface area contributed by atoms with Crippen molar-refractivity contribution in [1.29, 1.82) is 0 Å². The van der Waals surface area contributed by atoms with Gasteiger partial charge < -0.3 is 9.42 Å². The number of benzene rings is 1. The minimum absolute atomic E-state index is 0.0545. The van der Waals surface area contributed by atoms with Crippen molar-refractivity contribution in [3.05, 3.63) is 35.5 Å². The molecule has 2 heterocycles. The summed E-state index contributed by atoms with van der Waals surface area (Å²) in [7, 11) is -3.79. The molecule has 2 aromatic rings. The van der Waals surface area contributed by atoms with Crippen molar-refractivity contribution in [2.45, 2.75) is 44.6 Å². The topological polar surface area (TPSA) is 105 Å². The summed E-state index contributed by atoms with van der Waals surface area (Å²) in [5.41, 5.74) is 0.576. The van der Waals surface area contributed by atoms with Gasteiger partial charge in [0.25, 0.3) is 0 Å². The first-order valence-corrected chi connectivity index (χ1v) is 9.34. The van der Waals surface area contributed by atoms with Gasteiger partial charge in [-0.2, -0.15) is 9.71 Å². The summed E-state index contributed by atoms with van der Waals surface area (Å²) in [6.45, 7) is 7.04. The van der Waals surface area contributed by atoms with E-state index >= 15 is 0 Å². The average Bonchev–Trinajstić information content (AvgIpc) is 3.11. The fourth-order valence-electron chi connectivity index (χ4n) is 2.87. The minimum Gasteiger partial charge on any atom is -0.340 e. The van der Waals surface area contributed by atoms with Crippen LogP contribution in [0.1, 0.15) is 38.0 Å². The van der Waals surface area contributed by atoms with E-state index in [1.165, 1.54) is 13.0 Å². The summed E-state index contributed by atoms with van der Waals surface area (Å²) >= 11 is 0. The molecule has 1 aromatic carbocycles. The number of sulfonamides is 1. The molecule has 0 radical (unpaired) electrons. The monoisotopic (exact) mass is 364 g/mol. The number of hydrogen-bond donors (Lipinski definition) is 1. The first-order chi connectivity index (χ1) is 11.6.